The molecule has 28 heavy (non-hydrogen) atoms. The molecule has 0 heterocycles. The average molecular weight is 383 g/mol. The van der Waals surface area contributed by atoms with E-state index < -0.39 is 0 Å². The lowest BCUT2D eigenvalue weighted by atomic mass is 10.1. The monoisotopic (exact) mass is 383 g/mol. The third-order valence-electron chi connectivity index (χ3n) is 4.71. The van der Waals surface area contributed by atoms with E-state index in [0.717, 1.165) is 17.5 Å². The van der Waals surface area contributed by atoms with Gasteiger partial charge in [-0.1, -0.05) is 37.3 Å². The van der Waals surface area contributed by atoms with Gasteiger partial charge in [0, 0.05) is 18.7 Å². The molecule has 150 valence electrons. The fourth-order valence-corrected chi connectivity index (χ4v) is 2.91. The van der Waals surface area contributed by atoms with E-state index in [1.54, 1.807) is 33.5 Å². The Bertz CT molecular complexity index is 776. The molecule has 2 aromatic carbocycles. The van der Waals surface area contributed by atoms with Crippen LogP contribution in [0.25, 0.3) is 6.08 Å². The second-order valence-corrected chi connectivity index (χ2v) is 6.50. The summed E-state index contributed by atoms with van der Waals surface area (Å²) in [7, 11) is 4.70. The number of rotatable bonds is 9. The third kappa shape index (κ3) is 5.28. The van der Waals surface area contributed by atoms with E-state index in [-0.39, 0.29) is 11.9 Å². The molecule has 0 aromatic heterocycles. The predicted molar refractivity (Wildman–Crippen MR) is 112 cm³/mol. The molecular formula is C23H29NO4. The highest BCUT2D eigenvalue weighted by atomic mass is 16.5. The van der Waals surface area contributed by atoms with Crippen molar-refractivity contribution in [1.29, 1.82) is 0 Å². The molecular weight excluding hydrogens is 354 g/mol. The first kappa shape index (κ1) is 21.4. The number of ether oxygens (including phenoxy) is 3. The first-order valence-electron chi connectivity index (χ1n) is 9.36. The van der Waals surface area contributed by atoms with Crippen molar-refractivity contribution in [2.45, 2.75) is 32.9 Å². The molecule has 2 rings (SSSR count). The second-order valence-electron chi connectivity index (χ2n) is 6.50. The van der Waals surface area contributed by atoms with E-state index in [9.17, 15) is 4.79 Å². The molecule has 1 unspecified atom stereocenters. The molecule has 0 aliphatic carbocycles. The van der Waals surface area contributed by atoms with Crippen molar-refractivity contribution in [2.24, 2.45) is 0 Å². The van der Waals surface area contributed by atoms with Crippen molar-refractivity contribution in [3.63, 3.8) is 0 Å². The van der Waals surface area contributed by atoms with Crippen LogP contribution >= 0.6 is 0 Å². The van der Waals surface area contributed by atoms with Crippen LogP contribution in [-0.2, 0) is 11.3 Å². The zero-order valence-electron chi connectivity index (χ0n) is 17.3. The first-order chi connectivity index (χ1) is 13.5. The Morgan fingerprint density at radius 3 is 2.14 bits per heavy atom. The number of methoxy groups -OCH3 is 3. The quantitative estimate of drug-likeness (QED) is 0.596. The summed E-state index contributed by atoms with van der Waals surface area (Å²) in [4.78, 5) is 14.8. The highest BCUT2D eigenvalue weighted by Crippen LogP contribution is 2.38. The zero-order valence-corrected chi connectivity index (χ0v) is 17.3. The molecule has 5 heteroatoms. The summed E-state index contributed by atoms with van der Waals surface area (Å²) in [5.41, 5.74) is 1.91. The fourth-order valence-electron chi connectivity index (χ4n) is 2.91. The minimum Gasteiger partial charge on any atom is -0.493 e. The summed E-state index contributed by atoms with van der Waals surface area (Å²) in [5, 5.41) is 0. The Labute approximate surface area is 167 Å². The van der Waals surface area contributed by atoms with Crippen LogP contribution in [0.5, 0.6) is 17.2 Å². The van der Waals surface area contributed by atoms with Crippen molar-refractivity contribution in [1.82, 2.24) is 4.90 Å². The van der Waals surface area contributed by atoms with Gasteiger partial charge in [-0.15, -0.1) is 0 Å². The van der Waals surface area contributed by atoms with Crippen molar-refractivity contribution in [3.8, 4) is 17.2 Å². The van der Waals surface area contributed by atoms with Crippen molar-refractivity contribution in [2.75, 3.05) is 21.3 Å². The van der Waals surface area contributed by atoms with Crippen LogP contribution in [0.4, 0.5) is 0 Å². The van der Waals surface area contributed by atoms with Gasteiger partial charge >= 0.3 is 0 Å². The lowest BCUT2D eigenvalue weighted by molar-refractivity contribution is -0.128. The Kier molecular flexibility index (Phi) is 7.93. The minimum atomic E-state index is -0.0352. The van der Waals surface area contributed by atoms with E-state index in [1.807, 2.05) is 47.4 Å². The van der Waals surface area contributed by atoms with Crippen molar-refractivity contribution < 1.29 is 19.0 Å². The molecule has 0 N–H and O–H groups in total. The smallest absolute Gasteiger partial charge is 0.247 e. The van der Waals surface area contributed by atoms with Gasteiger partial charge in [0.05, 0.1) is 21.3 Å². The number of benzene rings is 2. The number of hydrogen-bond donors (Lipinski definition) is 0. The molecule has 0 aliphatic heterocycles. The molecule has 0 radical (unpaired) electrons. The molecule has 0 bridgehead atoms. The summed E-state index contributed by atoms with van der Waals surface area (Å²) in [6.07, 6.45) is 4.25. The first-order valence-corrected chi connectivity index (χ1v) is 9.36. The normalized spacial score (nSPS) is 11.9. The Morgan fingerprint density at radius 2 is 1.64 bits per heavy atom. The summed E-state index contributed by atoms with van der Waals surface area (Å²) in [6, 6.07) is 13.8. The van der Waals surface area contributed by atoms with Gasteiger partial charge in [-0.05, 0) is 42.7 Å². The van der Waals surface area contributed by atoms with Crippen molar-refractivity contribution in [3.05, 3.63) is 59.7 Å². The number of hydrogen-bond acceptors (Lipinski definition) is 4. The molecule has 1 amide bonds. The molecule has 2 aromatic rings. The van der Waals surface area contributed by atoms with Crippen molar-refractivity contribution >= 4 is 12.0 Å². The molecule has 0 spiro atoms. The van der Waals surface area contributed by atoms with Gasteiger partial charge in [0.2, 0.25) is 11.7 Å². The fraction of sp³-hybridized carbons (Fsp3) is 0.348. The van der Waals surface area contributed by atoms with Gasteiger partial charge in [0.25, 0.3) is 0 Å². The van der Waals surface area contributed by atoms with Gasteiger partial charge in [-0.25, -0.2) is 0 Å². The number of amides is 1. The van der Waals surface area contributed by atoms with Gasteiger partial charge in [0.1, 0.15) is 0 Å². The van der Waals surface area contributed by atoms with Crippen LogP contribution in [0.3, 0.4) is 0 Å². The SMILES string of the molecule is CCC(C)N(Cc1ccccc1)C(=O)C=Cc1cc(OC)c(OC)c(OC)c1. The van der Waals surface area contributed by atoms with Crippen LogP contribution in [0.2, 0.25) is 0 Å². The third-order valence-corrected chi connectivity index (χ3v) is 4.71. The maximum Gasteiger partial charge on any atom is 0.247 e. The molecule has 1 atom stereocenters. The molecule has 0 saturated heterocycles. The van der Waals surface area contributed by atoms with Crippen LogP contribution in [0.15, 0.2) is 48.5 Å². The summed E-state index contributed by atoms with van der Waals surface area (Å²) in [6.45, 7) is 4.72. The molecule has 5 nitrogen and oxygen atoms in total. The van der Waals surface area contributed by atoms with E-state index in [1.165, 1.54) is 0 Å². The van der Waals surface area contributed by atoms with E-state index in [2.05, 4.69) is 13.8 Å². The zero-order chi connectivity index (χ0) is 20.5. The largest absolute Gasteiger partial charge is 0.493 e. The highest BCUT2D eigenvalue weighted by molar-refractivity contribution is 5.92. The van der Waals surface area contributed by atoms with Crippen LogP contribution in [-0.4, -0.2) is 38.2 Å². The standard InChI is InChI=1S/C23H29NO4/c1-6-17(2)24(16-18-10-8-7-9-11-18)22(25)13-12-19-14-20(26-3)23(28-5)21(15-19)27-4/h7-15,17H,6,16H2,1-5H3. The maximum atomic E-state index is 12.9. The Morgan fingerprint density at radius 1 is 1.04 bits per heavy atom. The molecule has 0 fully saturated rings. The Balaban J connectivity index is 2.25. The van der Waals surface area contributed by atoms with Crippen LogP contribution < -0.4 is 14.2 Å². The minimum absolute atomic E-state index is 0.0352. The summed E-state index contributed by atoms with van der Waals surface area (Å²) >= 11 is 0. The lowest BCUT2D eigenvalue weighted by Crippen LogP contribution is -2.36. The van der Waals surface area contributed by atoms with E-state index in [0.29, 0.717) is 23.8 Å². The molecule has 0 aliphatic rings. The summed E-state index contributed by atoms with van der Waals surface area (Å²) in [5.74, 6) is 1.60. The predicted octanol–water partition coefficient (Wildman–Crippen LogP) is 4.55. The lowest BCUT2D eigenvalue weighted by Gasteiger charge is -2.27. The van der Waals surface area contributed by atoms with Crippen LogP contribution in [0.1, 0.15) is 31.4 Å². The maximum absolute atomic E-state index is 12.9. The molecule has 0 saturated carbocycles. The van der Waals surface area contributed by atoms with E-state index >= 15 is 0 Å². The Hall–Kier alpha value is -2.95. The van der Waals surface area contributed by atoms with E-state index in [4.69, 9.17) is 14.2 Å². The number of carbonyl (C=O) groups excluding carboxylic acids is 1. The highest BCUT2D eigenvalue weighted by Gasteiger charge is 2.17. The van der Waals surface area contributed by atoms with Crippen LogP contribution in [0, 0.1) is 0 Å². The second kappa shape index (κ2) is 10.4. The van der Waals surface area contributed by atoms with Gasteiger partial charge in [0.15, 0.2) is 11.5 Å². The van der Waals surface area contributed by atoms with Gasteiger partial charge < -0.3 is 19.1 Å². The van der Waals surface area contributed by atoms with Gasteiger partial charge in [-0.3, -0.25) is 4.79 Å². The average Bonchev–Trinajstić information content (AvgIpc) is 2.74. The number of nitrogens with zero attached hydrogens (tertiary/aromatic N) is 1. The number of carbonyl (C=O) groups is 1. The topological polar surface area (TPSA) is 48.0 Å². The summed E-state index contributed by atoms with van der Waals surface area (Å²) < 4.78 is 16.1. The van der Waals surface area contributed by atoms with Gasteiger partial charge in [-0.2, -0.15) is 0 Å².